The largest absolute Gasteiger partial charge is 0.412 e. The molecular formula is C21H30N2O3. The van der Waals surface area contributed by atoms with Gasteiger partial charge in [0.15, 0.2) is 0 Å². The molecule has 2 N–H and O–H groups in total. The summed E-state index contributed by atoms with van der Waals surface area (Å²) >= 11 is 0. The molecule has 2 rings (SSSR count). The van der Waals surface area contributed by atoms with Gasteiger partial charge in [-0.25, -0.2) is 4.79 Å². The molecule has 0 spiro atoms. The molecule has 0 heterocycles. The van der Waals surface area contributed by atoms with Crippen molar-refractivity contribution in [3.63, 3.8) is 0 Å². The van der Waals surface area contributed by atoms with Crippen molar-refractivity contribution < 1.29 is 14.3 Å². The minimum absolute atomic E-state index is 0.170. The first-order valence-electron chi connectivity index (χ1n) is 9.59. The summed E-state index contributed by atoms with van der Waals surface area (Å²) in [6, 6.07) is 7.03. The smallest absolute Gasteiger partial charge is 0.410 e. The van der Waals surface area contributed by atoms with Crippen LogP contribution in [-0.2, 0) is 4.79 Å². The number of rotatable bonds is 6. The van der Waals surface area contributed by atoms with Gasteiger partial charge in [-0.1, -0.05) is 45.3 Å². The second-order valence-corrected chi connectivity index (χ2v) is 6.84. The Balaban J connectivity index is 1.99. The Hall–Kier alpha value is -2.30. The number of carbonyl (C=O) groups is 2. The third kappa shape index (κ3) is 5.61. The zero-order valence-electron chi connectivity index (χ0n) is 16.0. The third-order valence-corrected chi connectivity index (χ3v) is 5.13. The second-order valence-electron chi connectivity index (χ2n) is 6.84. The van der Waals surface area contributed by atoms with Crippen molar-refractivity contribution in [2.75, 3.05) is 5.32 Å². The van der Waals surface area contributed by atoms with Crippen molar-refractivity contribution in [3.05, 3.63) is 36.4 Å². The predicted molar refractivity (Wildman–Crippen MR) is 104 cm³/mol. The van der Waals surface area contributed by atoms with Gasteiger partial charge in [-0.15, -0.1) is 0 Å². The molecule has 2 atom stereocenters. The SMILES string of the molecule is C/C=C/C(=O)Nc1cccc(OC(=O)NC2C(CC)CCCC2CC)c1. The topological polar surface area (TPSA) is 67.4 Å². The number of anilines is 1. The number of ether oxygens (including phenoxy) is 1. The average molecular weight is 358 g/mol. The van der Waals surface area contributed by atoms with Crippen molar-refractivity contribution in [3.8, 4) is 5.75 Å². The molecule has 0 aromatic heterocycles. The quantitative estimate of drug-likeness (QED) is 0.711. The van der Waals surface area contributed by atoms with Crippen LogP contribution in [0.3, 0.4) is 0 Å². The van der Waals surface area contributed by atoms with Crippen LogP contribution in [0.15, 0.2) is 36.4 Å². The maximum absolute atomic E-state index is 12.4. The van der Waals surface area contributed by atoms with Gasteiger partial charge in [-0.3, -0.25) is 4.79 Å². The van der Waals surface area contributed by atoms with Crippen molar-refractivity contribution in [1.82, 2.24) is 5.32 Å². The zero-order chi connectivity index (χ0) is 18.9. The fraction of sp³-hybridized carbons (Fsp3) is 0.524. The minimum Gasteiger partial charge on any atom is -0.410 e. The average Bonchev–Trinajstić information content (AvgIpc) is 2.62. The molecule has 1 aromatic rings. The van der Waals surface area contributed by atoms with E-state index in [1.54, 1.807) is 37.3 Å². The lowest BCUT2D eigenvalue weighted by Gasteiger charge is -2.37. The number of hydrogen-bond donors (Lipinski definition) is 2. The fourth-order valence-electron chi connectivity index (χ4n) is 3.78. The van der Waals surface area contributed by atoms with Gasteiger partial charge < -0.3 is 15.4 Å². The van der Waals surface area contributed by atoms with Gasteiger partial charge in [0, 0.05) is 17.8 Å². The third-order valence-electron chi connectivity index (χ3n) is 5.13. The summed E-state index contributed by atoms with van der Waals surface area (Å²) in [6.45, 7) is 6.14. The summed E-state index contributed by atoms with van der Waals surface area (Å²) in [4.78, 5) is 24.0. The van der Waals surface area contributed by atoms with Gasteiger partial charge >= 0.3 is 6.09 Å². The molecule has 1 aliphatic carbocycles. The molecule has 1 saturated carbocycles. The highest BCUT2D eigenvalue weighted by Gasteiger charge is 2.32. The Bertz CT molecular complexity index is 630. The van der Waals surface area contributed by atoms with E-state index in [0.29, 0.717) is 23.3 Å². The van der Waals surface area contributed by atoms with Crippen LogP contribution in [0.25, 0.3) is 0 Å². The number of carbonyl (C=O) groups excluding carboxylic acids is 2. The molecule has 2 amide bonds. The Morgan fingerprint density at radius 3 is 2.50 bits per heavy atom. The van der Waals surface area contributed by atoms with E-state index in [9.17, 15) is 9.59 Å². The van der Waals surface area contributed by atoms with Crippen LogP contribution in [0.4, 0.5) is 10.5 Å². The number of hydrogen-bond acceptors (Lipinski definition) is 3. The Morgan fingerprint density at radius 2 is 1.88 bits per heavy atom. The molecule has 5 heteroatoms. The number of amides is 2. The Labute approximate surface area is 156 Å². The van der Waals surface area contributed by atoms with E-state index in [-0.39, 0.29) is 11.9 Å². The Kier molecular flexibility index (Phi) is 7.70. The van der Waals surface area contributed by atoms with E-state index < -0.39 is 6.09 Å². The first kappa shape index (κ1) is 20.0. The van der Waals surface area contributed by atoms with E-state index in [0.717, 1.165) is 25.7 Å². The summed E-state index contributed by atoms with van der Waals surface area (Å²) in [5.74, 6) is 1.21. The molecule has 26 heavy (non-hydrogen) atoms. The molecule has 0 bridgehead atoms. The highest BCUT2D eigenvalue weighted by Crippen LogP contribution is 2.33. The number of allylic oxidation sites excluding steroid dienone is 1. The molecule has 0 radical (unpaired) electrons. The highest BCUT2D eigenvalue weighted by atomic mass is 16.6. The molecule has 0 saturated heterocycles. The normalized spacial score (nSPS) is 22.8. The van der Waals surface area contributed by atoms with Gasteiger partial charge in [0.05, 0.1) is 0 Å². The minimum atomic E-state index is -0.425. The number of benzene rings is 1. The van der Waals surface area contributed by atoms with Crippen LogP contribution in [0, 0.1) is 11.8 Å². The standard InChI is InChI=1S/C21H30N2O3/c1-4-9-19(24)22-17-12-8-13-18(14-17)26-21(25)23-20-15(5-2)10-7-11-16(20)6-3/h4,8-9,12-16,20H,5-7,10-11H2,1-3H3,(H,22,24)(H,23,25)/b9-4+. The van der Waals surface area contributed by atoms with E-state index in [2.05, 4.69) is 24.5 Å². The second kappa shape index (κ2) is 10.00. The van der Waals surface area contributed by atoms with Gasteiger partial charge in [0.1, 0.15) is 5.75 Å². The Morgan fingerprint density at radius 1 is 1.19 bits per heavy atom. The zero-order valence-corrected chi connectivity index (χ0v) is 16.0. The maximum Gasteiger partial charge on any atom is 0.412 e. The summed E-state index contributed by atoms with van der Waals surface area (Å²) < 4.78 is 5.47. The summed E-state index contributed by atoms with van der Waals surface area (Å²) in [6.07, 6.45) is 8.36. The van der Waals surface area contributed by atoms with E-state index in [1.807, 2.05) is 0 Å². The summed E-state index contributed by atoms with van der Waals surface area (Å²) in [7, 11) is 0. The van der Waals surface area contributed by atoms with Crippen molar-refractivity contribution in [1.29, 1.82) is 0 Å². The predicted octanol–water partition coefficient (Wildman–Crippen LogP) is 4.89. The van der Waals surface area contributed by atoms with Crippen molar-refractivity contribution >= 4 is 17.7 Å². The molecule has 2 unspecified atom stereocenters. The molecule has 1 fully saturated rings. The molecule has 1 aromatic carbocycles. The van der Waals surface area contributed by atoms with Gasteiger partial charge in [0.25, 0.3) is 0 Å². The van der Waals surface area contributed by atoms with Gasteiger partial charge in [0.2, 0.25) is 5.91 Å². The lowest BCUT2D eigenvalue weighted by Crippen LogP contribution is -2.48. The van der Waals surface area contributed by atoms with Crippen LogP contribution in [0.1, 0.15) is 52.9 Å². The van der Waals surface area contributed by atoms with Gasteiger partial charge in [-0.05, 0) is 49.8 Å². The molecule has 5 nitrogen and oxygen atoms in total. The van der Waals surface area contributed by atoms with Crippen LogP contribution in [-0.4, -0.2) is 18.0 Å². The fourth-order valence-corrected chi connectivity index (χ4v) is 3.78. The van der Waals surface area contributed by atoms with Crippen LogP contribution in [0.2, 0.25) is 0 Å². The van der Waals surface area contributed by atoms with E-state index >= 15 is 0 Å². The highest BCUT2D eigenvalue weighted by molar-refractivity contribution is 5.99. The van der Waals surface area contributed by atoms with E-state index in [4.69, 9.17) is 4.74 Å². The van der Waals surface area contributed by atoms with Crippen LogP contribution < -0.4 is 15.4 Å². The first-order chi connectivity index (χ1) is 12.6. The molecular weight excluding hydrogens is 328 g/mol. The maximum atomic E-state index is 12.4. The van der Waals surface area contributed by atoms with Gasteiger partial charge in [-0.2, -0.15) is 0 Å². The van der Waals surface area contributed by atoms with Crippen LogP contribution in [0.5, 0.6) is 5.75 Å². The first-order valence-corrected chi connectivity index (χ1v) is 9.59. The number of nitrogens with one attached hydrogen (secondary N) is 2. The van der Waals surface area contributed by atoms with Crippen LogP contribution >= 0.6 is 0 Å². The lowest BCUT2D eigenvalue weighted by atomic mass is 9.74. The summed E-state index contributed by atoms with van der Waals surface area (Å²) in [5, 5.41) is 5.82. The van der Waals surface area contributed by atoms with Crippen molar-refractivity contribution in [2.45, 2.75) is 58.9 Å². The molecule has 1 aliphatic rings. The lowest BCUT2D eigenvalue weighted by molar-refractivity contribution is -0.111. The molecule has 0 aliphatic heterocycles. The monoisotopic (exact) mass is 358 g/mol. The van der Waals surface area contributed by atoms with E-state index in [1.165, 1.54) is 12.5 Å². The molecule has 142 valence electrons. The van der Waals surface area contributed by atoms with Crippen molar-refractivity contribution in [2.24, 2.45) is 11.8 Å². The summed E-state index contributed by atoms with van der Waals surface area (Å²) in [5.41, 5.74) is 0.592.